The molecule has 0 heterocycles. The second-order valence-corrected chi connectivity index (χ2v) is 11.6. The molecular weight excluding hydrogens is 324 g/mol. The Morgan fingerprint density at radius 3 is 1.00 bits per heavy atom. The maximum absolute atomic E-state index is 2.53. The van der Waals surface area contributed by atoms with Crippen molar-refractivity contribution in [1.29, 1.82) is 0 Å². The molecule has 0 N–H and O–H groups in total. The average molecular weight is 373 g/mol. The summed E-state index contributed by atoms with van der Waals surface area (Å²) in [5.74, 6) is 6.35. The first-order valence-electron chi connectivity index (χ1n) is 13.2. The molecule has 4 aliphatic carbocycles. The first-order chi connectivity index (χ1) is 13.2. The van der Waals surface area contributed by atoms with Gasteiger partial charge in [0.1, 0.15) is 0 Å². The molecule has 0 aromatic rings. The molecule has 0 amide bonds. The first kappa shape index (κ1) is 20.3. The Labute approximate surface area is 170 Å². The van der Waals surface area contributed by atoms with Gasteiger partial charge >= 0.3 is 0 Å². The largest absolute Gasteiger partial charge is 0.0625 e. The second-order valence-electron chi connectivity index (χ2n) is 11.6. The van der Waals surface area contributed by atoms with Crippen molar-refractivity contribution in [2.24, 2.45) is 40.9 Å². The van der Waals surface area contributed by atoms with Crippen LogP contribution in [0.3, 0.4) is 0 Å². The lowest BCUT2D eigenvalue weighted by Gasteiger charge is -2.60. The predicted molar refractivity (Wildman–Crippen MR) is 118 cm³/mol. The van der Waals surface area contributed by atoms with Crippen LogP contribution in [-0.4, -0.2) is 0 Å². The van der Waals surface area contributed by atoms with E-state index in [0.29, 0.717) is 0 Å². The van der Waals surface area contributed by atoms with Gasteiger partial charge in [0.2, 0.25) is 0 Å². The fraction of sp³-hybridized carbons (Fsp3) is 1.00. The van der Waals surface area contributed by atoms with E-state index < -0.39 is 0 Å². The third-order valence-corrected chi connectivity index (χ3v) is 10.1. The van der Waals surface area contributed by atoms with Crippen LogP contribution in [0, 0.1) is 40.9 Å². The molecule has 0 heteroatoms. The van der Waals surface area contributed by atoms with Crippen LogP contribution >= 0.6 is 0 Å². The highest BCUT2D eigenvalue weighted by Gasteiger charge is 2.55. The van der Waals surface area contributed by atoms with Gasteiger partial charge in [0.25, 0.3) is 0 Å². The summed E-state index contributed by atoms with van der Waals surface area (Å²) in [6.07, 6.45) is 28.1. The Morgan fingerprint density at radius 2 is 0.667 bits per heavy atom. The second kappa shape index (κ2) is 9.21. The van der Waals surface area contributed by atoms with E-state index in [2.05, 4.69) is 13.8 Å². The van der Waals surface area contributed by atoms with Crippen molar-refractivity contribution in [3.8, 4) is 0 Å². The van der Waals surface area contributed by atoms with Gasteiger partial charge in [0.15, 0.2) is 0 Å². The van der Waals surface area contributed by atoms with Crippen LogP contribution in [0.15, 0.2) is 0 Å². The van der Waals surface area contributed by atoms with Crippen molar-refractivity contribution in [2.75, 3.05) is 0 Å². The molecule has 0 aromatic carbocycles. The third-order valence-electron chi connectivity index (χ3n) is 10.1. The SMILES string of the molecule is CC1CCC(C(C2CCCCC2)(C2CCCCC2)C2CCC(C)CC2)CC1. The Kier molecular flexibility index (Phi) is 6.92. The molecule has 0 atom stereocenters. The fourth-order valence-corrected chi connectivity index (χ4v) is 8.73. The van der Waals surface area contributed by atoms with E-state index in [9.17, 15) is 0 Å². The summed E-state index contributed by atoms with van der Waals surface area (Å²) < 4.78 is 0. The molecule has 4 saturated carbocycles. The minimum atomic E-state index is 0.751. The molecule has 4 aliphatic rings. The lowest BCUT2D eigenvalue weighted by Crippen LogP contribution is -2.52. The van der Waals surface area contributed by atoms with Crippen molar-refractivity contribution in [3.05, 3.63) is 0 Å². The molecule has 0 spiro atoms. The van der Waals surface area contributed by atoms with Gasteiger partial charge in [0.05, 0.1) is 0 Å². The van der Waals surface area contributed by atoms with Crippen LogP contribution in [0.25, 0.3) is 0 Å². The molecule has 0 bridgehead atoms. The van der Waals surface area contributed by atoms with Crippen LogP contribution in [0.1, 0.15) is 129 Å². The maximum Gasteiger partial charge on any atom is -0.0184 e. The predicted octanol–water partition coefficient (Wildman–Crippen LogP) is 8.79. The zero-order valence-electron chi connectivity index (χ0n) is 18.7. The molecule has 0 saturated heterocycles. The summed E-state index contributed by atoms with van der Waals surface area (Å²) in [6.45, 7) is 5.06. The lowest BCUT2D eigenvalue weighted by molar-refractivity contribution is -0.112. The molecule has 0 unspecified atom stereocenters. The van der Waals surface area contributed by atoms with Crippen molar-refractivity contribution in [2.45, 2.75) is 129 Å². The fourth-order valence-electron chi connectivity index (χ4n) is 8.73. The van der Waals surface area contributed by atoms with Crippen molar-refractivity contribution in [3.63, 3.8) is 0 Å². The molecule has 156 valence electrons. The number of hydrogen-bond acceptors (Lipinski definition) is 0. The van der Waals surface area contributed by atoms with Gasteiger partial charge in [0, 0.05) is 0 Å². The topological polar surface area (TPSA) is 0 Å². The molecule has 0 nitrogen and oxygen atoms in total. The molecule has 27 heavy (non-hydrogen) atoms. The van der Waals surface area contributed by atoms with E-state index in [-0.39, 0.29) is 0 Å². The summed E-state index contributed by atoms with van der Waals surface area (Å²) in [4.78, 5) is 0. The van der Waals surface area contributed by atoms with E-state index in [1.807, 2.05) is 0 Å². The standard InChI is InChI=1S/C27H48/c1-21-13-17-25(18-14-21)27(23-9-5-3-6-10-23,24-11-7-4-8-12-24)26-19-15-22(2)16-20-26/h21-26H,3-20H2,1-2H3. The summed E-state index contributed by atoms with van der Waals surface area (Å²) in [7, 11) is 0. The van der Waals surface area contributed by atoms with E-state index in [0.717, 1.165) is 40.9 Å². The minimum Gasteiger partial charge on any atom is -0.0625 e. The van der Waals surface area contributed by atoms with Gasteiger partial charge in [-0.2, -0.15) is 0 Å². The maximum atomic E-state index is 2.53. The highest BCUT2D eigenvalue weighted by molar-refractivity contribution is 5.04. The van der Waals surface area contributed by atoms with Crippen molar-refractivity contribution < 1.29 is 0 Å². The van der Waals surface area contributed by atoms with Crippen LogP contribution in [0.2, 0.25) is 0 Å². The third kappa shape index (κ3) is 4.16. The molecule has 0 aromatic heterocycles. The van der Waals surface area contributed by atoms with E-state index >= 15 is 0 Å². The minimum absolute atomic E-state index is 0.751. The van der Waals surface area contributed by atoms with E-state index in [1.54, 1.807) is 77.0 Å². The average Bonchev–Trinajstić information content (AvgIpc) is 2.73. The van der Waals surface area contributed by atoms with Crippen molar-refractivity contribution >= 4 is 0 Å². The Bertz CT molecular complexity index is 381. The lowest BCUT2D eigenvalue weighted by atomic mass is 9.45. The van der Waals surface area contributed by atoms with E-state index in [4.69, 9.17) is 0 Å². The Balaban J connectivity index is 1.69. The number of rotatable bonds is 4. The summed E-state index contributed by atoms with van der Waals surface area (Å²) in [5.41, 5.74) is 0.751. The van der Waals surface area contributed by atoms with Gasteiger partial charge in [-0.05, 0) is 92.3 Å². The smallest absolute Gasteiger partial charge is 0.0184 e. The molecule has 4 fully saturated rings. The number of hydrogen-bond donors (Lipinski definition) is 0. The normalized spacial score (nSPS) is 38.0. The highest BCUT2D eigenvalue weighted by atomic mass is 14.6. The molecule has 0 aliphatic heterocycles. The van der Waals surface area contributed by atoms with Crippen LogP contribution < -0.4 is 0 Å². The van der Waals surface area contributed by atoms with Crippen molar-refractivity contribution in [1.82, 2.24) is 0 Å². The first-order valence-corrected chi connectivity index (χ1v) is 13.2. The molecule has 0 radical (unpaired) electrons. The van der Waals surface area contributed by atoms with Gasteiger partial charge in [-0.25, -0.2) is 0 Å². The van der Waals surface area contributed by atoms with Gasteiger partial charge in [-0.1, -0.05) is 78.1 Å². The summed E-state index contributed by atoms with van der Waals surface area (Å²) in [6, 6.07) is 0. The highest BCUT2D eigenvalue weighted by Crippen LogP contribution is 2.63. The summed E-state index contributed by atoms with van der Waals surface area (Å²) in [5, 5.41) is 0. The Morgan fingerprint density at radius 1 is 0.370 bits per heavy atom. The van der Waals surface area contributed by atoms with Crippen LogP contribution in [0.5, 0.6) is 0 Å². The molecular formula is C27H48. The quantitative estimate of drug-likeness (QED) is 0.462. The van der Waals surface area contributed by atoms with Crippen LogP contribution in [-0.2, 0) is 0 Å². The van der Waals surface area contributed by atoms with Crippen LogP contribution in [0.4, 0.5) is 0 Å². The van der Waals surface area contributed by atoms with Gasteiger partial charge < -0.3 is 0 Å². The van der Waals surface area contributed by atoms with E-state index in [1.165, 1.54) is 38.5 Å². The summed E-state index contributed by atoms with van der Waals surface area (Å²) >= 11 is 0. The zero-order chi connectivity index (χ0) is 18.7. The van der Waals surface area contributed by atoms with Gasteiger partial charge in [-0.3, -0.25) is 0 Å². The Hall–Kier alpha value is 0. The monoisotopic (exact) mass is 372 g/mol. The van der Waals surface area contributed by atoms with Gasteiger partial charge in [-0.15, -0.1) is 0 Å². The zero-order valence-corrected chi connectivity index (χ0v) is 18.7. The molecule has 4 rings (SSSR count).